The van der Waals surface area contributed by atoms with E-state index in [2.05, 4.69) is 18.8 Å². The Kier molecular flexibility index (Phi) is 4.90. The van der Waals surface area contributed by atoms with E-state index in [-0.39, 0.29) is 5.56 Å². The van der Waals surface area contributed by atoms with Crippen LogP contribution in [-0.2, 0) is 6.42 Å². The molecule has 0 atom stereocenters. The van der Waals surface area contributed by atoms with Crippen molar-refractivity contribution in [2.75, 3.05) is 0 Å². The molecule has 0 fully saturated rings. The lowest BCUT2D eigenvalue weighted by molar-refractivity contribution is 0.581. The summed E-state index contributed by atoms with van der Waals surface area (Å²) in [5.41, 5.74) is 2.32. The molecule has 0 saturated carbocycles. The molecular formula is C18H16F2. The van der Waals surface area contributed by atoms with Crippen molar-refractivity contribution in [2.45, 2.75) is 26.2 Å². The number of unbranched alkanes of at least 4 members (excludes halogenated alkanes) is 1. The first-order valence-corrected chi connectivity index (χ1v) is 6.75. The van der Waals surface area contributed by atoms with Gasteiger partial charge < -0.3 is 0 Å². The second-order valence-electron chi connectivity index (χ2n) is 4.67. The van der Waals surface area contributed by atoms with E-state index < -0.39 is 11.6 Å². The van der Waals surface area contributed by atoms with Crippen LogP contribution >= 0.6 is 0 Å². The van der Waals surface area contributed by atoms with E-state index in [4.69, 9.17) is 0 Å². The van der Waals surface area contributed by atoms with Crippen LogP contribution in [0.5, 0.6) is 0 Å². The van der Waals surface area contributed by atoms with Gasteiger partial charge in [0, 0.05) is 11.6 Å². The van der Waals surface area contributed by atoms with Crippen molar-refractivity contribution in [1.82, 2.24) is 0 Å². The van der Waals surface area contributed by atoms with Gasteiger partial charge in [-0.15, -0.1) is 0 Å². The Balaban J connectivity index is 2.12. The lowest BCUT2D eigenvalue weighted by Gasteiger charge is -1.99. The predicted octanol–water partition coefficient (Wildman–Crippen LogP) is 4.71. The van der Waals surface area contributed by atoms with Crippen LogP contribution < -0.4 is 0 Å². The molecule has 0 unspecified atom stereocenters. The van der Waals surface area contributed by atoms with E-state index >= 15 is 0 Å². The highest BCUT2D eigenvalue weighted by molar-refractivity contribution is 5.44. The molecule has 0 bridgehead atoms. The maximum atomic E-state index is 13.4. The maximum absolute atomic E-state index is 13.4. The largest absolute Gasteiger partial charge is 0.207 e. The third kappa shape index (κ3) is 3.93. The van der Waals surface area contributed by atoms with Gasteiger partial charge in [0.15, 0.2) is 0 Å². The van der Waals surface area contributed by atoms with Crippen LogP contribution in [0.15, 0.2) is 42.5 Å². The first-order valence-electron chi connectivity index (χ1n) is 6.75. The molecule has 102 valence electrons. The zero-order chi connectivity index (χ0) is 14.4. The highest BCUT2D eigenvalue weighted by Gasteiger charge is 2.00. The molecule has 2 rings (SSSR count). The quantitative estimate of drug-likeness (QED) is 0.709. The summed E-state index contributed by atoms with van der Waals surface area (Å²) in [6.07, 6.45) is 3.41. The Bertz CT molecular complexity index is 631. The minimum atomic E-state index is -0.628. The molecule has 0 spiro atoms. The van der Waals surface area contributed by atoms with E-state index in [9.17, 15) is 8.78 Å². The Morgan fingerprint density at radius 3 is 2.35 bits per heavy atom. The lowest BCUT2D eigenvalue weighted by atomic mass is 10.1. The first-order chi connectivity index (χ1) is 9.69. The summed E-state index contributed by atoms with van der Waals surface area (Å²) in [6.45, 7) is 2.16. The Morgan fingerprint density at radius 2 is 1.70 bits per heavy atom. The molecule has 0 aliphatic heterocycles. The third-order valence-electron chi connectivity index (χ3n) is 3.05. The molecular weight excluding hydrogens is 254 g/mol. The summed E-state index contributed by atoms with van der Waals surface area (Å²) in [4.78, 5) is 0. The van der Waals surface area contributed by atoms with Crippen molar-refractivity contribution in [3.05, 3.63) is 70.8 Å². The highest BCUT2D eigenvalue weighted by atomic mass is 19.1. The van der Waals surface area contributed by atoms with Crippen molar-refractivity contribution in [3.63, 3.8) is 0 Å². The van der Waals surface area contributed by atoms with Crippen molar-refractivity contribution >= 4 is 0 Å². The van der Waals surface area contributed by atoms with Crippen LogP contribution in [0.1, 0.15) is 36.5 Å². The van der Waals surface area contributed by atoms with Gasteiger partial charge >= 0.3 is 0 Å². The number of hydrogen-bond donors (Lipinski definition) is 0. The molecule has 0 N–H and O–H groups in total. The summed E-state index contributed by atoms with van der Waals surface area (Å²) >= 11 is 0. The first kappa shape index (κ1) is 14.3. The van der Waals surface area contributed by atoms with Crippen LogP contribution in [0.4, 0.5) is 8.78 Å². The monoisotopic (exact) mass is 270 g/mol. The van der Waals surface area contributed by atoms with E-state index in [1.54, 1.807) is 0 Å². The number of benzene rings is 2. The van der Waals surface area contributed by atoms with Gasteiger partial charge in [-0.3, -0.25) is 0 Å². The summed E-state index contributed by atoms with van der Waals surface area (Å²) < 4.78 is 26.2. The third-order valence-corrected chi connectivity index (χ3v) is 3.05. The van der Waals surface area contributed by atoms with Crippen LogP contribution in [0.2, 0.25) is 0 Å². The van der Waals surface area contributed by atoms with Crippen LogP contribution in [0, 0.1) is 23.5 Å². The topological polar surface area (TPSA) is 0 Å². The second-order valence-corrected chi connectivity index (χ2v) is 4.67. The molecule has 0 saturated heterocycles. The Morgan fingerprint density at radius 1 is 0.950 bits per heavy atom. The van der Waals surface area contributed by atoms with Crippen LogP contribution in [0.25, 0.3) is 0 Å². The molecule has 2 aromatic rings. The molecule has 2 aromatic carbocycles. The molecule has 2 heteroatoms. The van der Waals surface area contributed by atoms with Gasteiger partial charge in [-0.05, 0) is 42.7 Å². The normalized spacial score (nSPS) is 9.95. The van der Waals surface area contributed by atoms with E-state index in [1.807, 2.05) is 24.3 Å². The zero-order valence-electron chi connectivity index (χ0n) is 11.4. The minimum absolute atomic E-state index is 0.210. The summed E-state index contributed by atoms with van der Waals surface area (Å²) in [7, 11) is 0. The number of rotatable bonds is 3. The van der Waals surface area contributed by atoms with Gasteiger partial charge in [0.2, 0.25) is 0 Å². The predicted molar refractivity (Wildman–Crippen MR) is 77.4 cm³/mol. The Labute approximate surface area is 118 Å². The summed E-state index contributed by atoms with van der Waals surface area (Å²) in [5, 5.41) is 0. The Hall–Kier alpha value is -2.14. The fraction of sp³-hybridized carbons (Fsp3) is 0.222. The van der Waals surface area contributed by atoms with Gasteiger partial charge in [0.1, 0.15) is 11.6 Å². The smallest absolute Gasteiger partial charge is 0.141 e. The van der Waals surface area contributed by atoms with Gasteiger partial charge in [-0.1, -0.05) is 37.3 Å². The molecule has 0 heterocycles. The van der Waals surface area contributed by atoms with E-state index in [1.165, 1.54) is 30.5 Å². The average molecular weight is 270 g/mol. The van der Waals surface area contributed by atoms with Crippen molar-refractivity contribution in [2.24, 2.45) is 0 Å². The van der Waals surface area contributed by atoms with E-state index in [0.29, 0.717) is 0 Å². The number of halogens is 2. The average Bonchev–Trinajstić information content (AvgIpc) is 2.45. The molecule has 0 aliphatic rings. The second kappa shape index (κ2) is 6.86. The molecule has 20 heavy (non-hydrogen) atoms. The zero-order valence-corrected chi connectivity index (χ0v) is 11.4. The van der Waals surface area contributed by atoms with Gasteiger partial charge in [0.25, 0.3) is 0 Å². The maximum Gasteiger partial charge on any atom is 0.141 e. The molecule has 0 radical (unpaired) electrons. The highest BCUT2D eigenvalue weighted by Crippen LogP contribution is 2.10. The van der Waals surface area contributed by atoms with Gasteiger partial charge in [0.05, 0.1) is 5.56 Å². The van der Waals surface area contributed by atoms with Gasteiger partial charge in [-0.2, -0.15) is 0 Å². The van der Waals surface area contributed by atoms with E-state index in [0.717, 1.165) is 18.1 Å². The minimum Gasteiger partial charge on any atom is -0.207 e. The molecule has 0 aliphatic carbocycles. The fourth-order valence-corrected chi connectivity index (χ4v) is 1.87. The van der Waals surface area contributed by atoms with Gasteiger partial charge in [-0.25, -0.2) is 8.78 Å². The lowest BCUT2D eigenvalue weighted by Crippen LogP contribution is -1.86. The fourth-order valence-electron chi connectivity index (χ4n) is 1.87. The standard InChI is InChI=1S/C18H16F2/c1-2-3-4-14-5-7-15(8-6-14)9-10-16-11-12-17(19)13-18(16)20/h5-8,11-13H,2-4H2,1H3. The number of hydrogen-bond acceptors (Lipinski definition) is 0. The number of aryl methyl sites for hydroxylation is 1. The van der Waals surface area contributed by atoms with Crippen molar-refractivity contribution in [3.8, 4) is 11.8 Å². The van der Waals surface area contributed by atoms with Crippen LogP contribution in [0.3, 0.4) is 0 Å². The molecule has 0 nitrogen and oxygen atoms in total. The molecule has 0 amide bonds. The van der Waals surface area contributed by atoms with Crippen LogP contribution in [-0.4, -0.2) is 0 Å². The van der Waals surface area contributed by atoms with Crippen molar-refractivity contribution in [1.29, 1.82) is 0 Å². The summed E-state index contributed by atoms with van der Waals surface area (Å²) in [5.74, 6) is 4.40. The SMILES string of the molecule is CCCCc1ccc(C#Cc2ccc(F)cc2F)cc1. The van der Waals surface area contributed by atoms with Crippen molar-refractivity contribution < 1.29 is 8.78 Å². The molecule has 0 aromatic heterocycles. The summed E-state index contributed by atoms with van der Waals surface area (Å²) in [6, 6.07) is 11.4.